The Kier molecular flexibility index (Phi) is 5.65. The molecule has 1 fully saturated rings. The molecule has 3 rings (SSSR count). The first-order valence-electron chi connectivity index (χ1n) is 8.13. The van der Waals surface area contributed by atoms with E-state index in [-0.39, 0.29) is 6.04 Å². The Morgan fingerprint density at radius 3 is 2.70 bits per heavy atom. The summed E-state index contributed by atoms with van der Waals surface area (Å²) < 4.78 is 15.6. The molecule has 0 bridgehead atoms. The standard InChI is InChI=1S/C17H20N4O5S/c1-24-12-5-4-9(6-13(12)25-2)11-7-14(26-17(22)23)19-15-10(8-18)16(27-3)20-21(11)15/h4-6,11,14-15,19-20H,7H2,1-3H3,(H,22,23). The largest absolute Gasteiger partial charge is 0.507 e. The van der Waals surface area contributed by atoms with E-state index in [1.165, 1.54) is 11.8 Å². The third-order valence-electron chi connectivity index (χ3n) is 4.50. The second kappa shape index (κ2) is 7.96. The lowest BCUT2D eigenvalue weighted by Gasteiger charge is -2.41. The van der Waals surface area contributed by atoms with Crippen molar-refractivity contribution in [3.63, 3.8) is 0 Å². The van der Waals surface area contributed by atoms with E-state index in [0.29, 0.717) is 23.5 Å². The van der Waals surface area contributed by atoms with Gasteiger partial charge in [-0.25, -0.2) is 4.79 Å². The number of carbonyl (C=O) groups is 1. The molecule has 2 aliphatic rings. The summed E-state index contributed by atoms with van der Waals surface area (Å²) in [4.78, 5) is 11.0. The maximum absolute atomic E-state index is 11.0. The van der Waals surface area contributed by atoms with Gasteiger partial charge >= 0.3 is 6.16 Å². The molecule has 144 valence electrons. The SMILES string of the molecule is COc1ccc(C2CC(OC(=O)O)NC3C(C#N)=C(SC)NN32)cc1OC. The highest BCUT2D eigenvalue weighted by Gasteiger charge is 2.44. The monoisotopic (exact) mass is 392 g/mol. The van der Waals surface area contributed by atoms with Gasteiger partial charge in [0.2, 0.25) is 0 Å². The molecular formula is C17H20N4O5S. The fourth-order valence-corrected chi connectivity index (χ4v) is 3.89. The molecule has 1 aromatic carbocycles. The number of carboxylic acid groups (broad SMARTS) is 1. The molecule has 2 aliphatic heterocycles. The van der Waals surface area contributed by atoms with Crippen LogP contribution in [-0.4, -0.2) is 49.1 Å². The molecule has 0 aliphatic carbocycles. The minimum atomic E-state index is -1.37. The summed E-state index contributed by atoms with van der Waals surface area (Å²) >= 11 is 1.42. The van der Waals surface area contributed by atoms with Crippen LogP contribution in [0.25, 0.3) is 0 Å². The molecule has 3 unspecified atom stereocenters. The van der Waals surface area contributed by atoms with Gasteiger partial charge in [0, 0.05) is 6.42 Å². The first-order chi connectivity index (χ1) is 13.0. The molecule has 1 aromatic rings. The number of hydrogen-bond acceptors (Lipinski definition) is 9. The van der Waals surface area contributed by atoms with E-state index in [9.17, 15) is 10.1 Å². The molecule has 9 nitrogen and oxygen atoms in total. The highest BCUT2D eigenvalue weighted by atomic mass is 32.2. The molecule has 0 spiro atoms. The number of methoxy groups -OCH3 is 2. The zero-order valence-electron chi connectivity index (χ0n) is 15.1. The van der Waals surface area contributed by atoms with Crippen LogP contribution in [0.2, 0.25) is 0 Å². The van der Waals surface area contributed by atoms with Crippen LogP contribution in [0.1, 0.15) is 18.0 Å². The first kappa shape index (κ1) is 19.2. The predicted octanol–water partition coefficient (Wildman–Crippen LogP) is 2.00. The summed E-state index contributed by atoms with van der Waals surface area (Å²) in [5.41, 5.74) is 4.62. The summed E-state index contributed by atoms with van der Waals surface area (Å²) in [5, 5.41) is 24.3. The van der Waals surface area contributed by atoms with Crippen molar-refractivity contribution < 1.29 is 24.1 Å². The van der Waals surface area contributed by atoms with Crippen molar-refractivity contribution in [3.8, 4) is 17.6 Å². The molecule has 0 aromatic heterocycles. The van der Waals surface area contributed by atoms with E-state index in [2.05, 4.69) is 16.8 Å². The van der Waals surface area contributed by atoms with Crippen molar-refractivity contribution >= 4 is 17.9 Å². The predicted molar refractivity (Wildman–Crippen MR) is 97.9 cm³/mol. The molecule has 0 amide bonds. The average molecular weight is 392 g/mol. The summed E-state index contributed by atoms with van der Waals surface area (Å²) in [6.07, 6.45) is -0.409. The number of nitriles is 1. The molecule has 3 N–H and O–H groups in total. The van der Waals surface area contributed by atoms with Crippen LogP contribution in [0, 0.1) is 11.3 Å². The van der Waals surface area contributed by atoms with Crippen molar-refractivity contribution in [2.75, 3.05) is 20.5 Å². The van der Waals surface area contributed by atoms with Gasteiger partial charge in [-0.15, -0.1) is 11.8 Å². The van der Waals surface area contributed by atoms with Crippen molar-refractivity contribution in [2.24, 2.45) is 0 Å². The Bertz CT molecular complexity index is 809. The van der Waals surface area contributed by atoms with E-state index in [4.69, 9.17) is 19.3 Å². The summed E-state index contributed by atoms with van der Waals surface area (Å²) in [6.45, 7) is 0. The third-order valence-corrected chi connectivity index (χ3v) is 5.22. The van der Waals surface area contributed by atoms with Crippen molar-refractivity contribution in [1.82, 2.24) is 15.8 Å². The number of fused-ring (bicyclic) bond motifs is 1. The molecule has 27 heavy (non-hydrogen) atoms. The highest BCUT2D eigenvalue weighted by Crippen LogP contribution is 2.40. The summed E-state index contributed by atoms with van der Waals surface area (Å²) in [6, 6.07) is 7.46. The maximum atomic E-state index is 11.0. The fourth-order valence-electron chi connectivity index (χ4n) is 3.32. The Balaban J connectivity index is 1.98. The number of rotatable bonds is 5. The molecular weight excluding hydrogens is 372 g/mol. The lowest BCUT2D eigenvalue weighted by atomic mass is 9.98. The number of thioether (sulfide) groups is 1. The van der Waals surface area contributed by atoms with Crippen LogP contribution in [0.5, 0.6) is 11.5 Å². The first-order valence-corrected chi connectivity index (χ1v) is 9.35. The summed E-state index contributed by atoms with van der Waals surface area (Å²) in [5.74, 6) is 1.17. The summed E-state index contributed by atoms with van der Waals surface area (Å²) in [7, 11) is 3.11. The lowest BCUT2D eigenvalue weighted by molar-refractivity contribution is -0.0474. The minimum absolute atomic E-state index is 0.256. The minimum Gasteiger partial charge on any atom is -0.493 e. The van der Waals surface area contributed by atoms with E-state index in [1.807, 2.05) is 23.4 Å². The quantitative estimate of drug-likeness (QED) is 0.643. The van der Waals surface area contributed by atoms with Gasteiger partial charge in [0.25, 0.3) is 0 Å². The van der Waals surface area contributed by atoms with Crippen molar-refractivity contribution in [3.05, 3.63) is 34.4 Å². The van der Waals surface area contributed by atoms with Crippen LogP contribution in [-0.2, 0) is 4.74 Å². The Hall–Kier alpha value is -2.61. The Labute approximate surface area is 160 Å². The number of hydrogen-bond donors (Lipinski definition) is 3. The van der Waals surface area contributed by atoms with E-state index >= 15 is 0 Å². The highest BCUT2D eigenvalue weighted by molar-refractivity contribution is 8.02. The van der Waals surface area contributed by atoms with Gasteiger partial charge < -0.3 is 24.7 Å². The molecule has 10 heteroatoms. The topological polar surface area (TPSA) is 116 Å². The Morgan fingerprint density at radius 2 is 2.11 bits per heavy atom. The number of nitrogens with zero attached hydrogens (tertiary/aromatic N) is 2. The van der Waals surface area contributed by atoms with Crippen molar-refractivity contribution in [2.45, 2.75) is 24.9 Å². The van der Waals surface area contributed by atoms with Gasteiger partial charge in [0.05, 0.1) is 30.9 Å². The normalized spacial score (nSPS) is 24.6. The zero-order chi connectivity index (χ0) is 19.6. The second-order valence-electron chi connectivity index (χ2n) is 5.89. The second-order valence-corrected chi connectivity index (χ2v) is 6.70. The molecule has 2 heterocycles. The number of benzene rings is 1. The van der Waals surface area contributed by atoms with Gasteiger partial charge in [0.1, 0.15) is 12.2 Å². The zero-order valence-corrected chi connectivity index (χ0v) is 15.9. The maximum Gasteiger partial charge on any atom is 0.507 e. The van der Waals surface area contributed by atoms with Gasteiger partial charge in [-0.3, -0.25) is 5.32 Å². The van der Waals surface area contributed by atoms with E-state index < -0.39 is 18.5 Å². The third kappa shape index (κ3) is 3.62. The molecule has 0 saturated carbocycles. The van der Waals surface area contributed by atoms with Crippen LogP contribution in [0.3, 0.4) is 0 Å². The number of ether oxygens (including phenoxy) is 3. The van der Waals surface area contributed by atoms with Gasteiger partial charge in [-0.1, -0.05) is 6.07 Å². The van der Waals surface area contributed by atoms with Crippen LogP contribution >= 0.6 is 11.8 Å². The molecule has 0 radical (unpaired) electrons. The smallest absolute Gasteiger partial charge is 0.493 e. The number of nitrogens with one attached hydrogen (secondary N) is 2. The molecule has 3 atom stereocenters. The number of hydrazine groups is 1. The van der Waals surface area contributed by atoms with E-state index in [1.54, 1.807) is 20.3 Å². The van der Waals surface area contributed by atoms with Gasteiger partial charge in [-0.2, -0.15) is 10.3 Å². The van der Waals surface area contributed by atoms with Crippen molar-refractivity contribution in [1.29, 1.82) is 5.26 Å². The van der Waals surface area contributed by atoms with Gasteiger partial charge in [-0.05, 0) is 24.0 Å². The Morgan fingerprint density at radius 1 is 1.37 bits per heavy atom. The van der Waals surface area contributed by atoms with Crippen LogP contribution in [0.15, 0.2) is 28.8 Å². The average Bonchev–Trinajstić information content (AvgIpc) is 3.03. The van der Waals surface area contributed by atoms with Crippen LogP contribution in [0.4, 0.5) is 4.79 Å². The van der Waals surface area contributed by atoms with E-state index in [0.717, 1.165) is 10.6 Å². The van der Waals surface area contributed by atoms with Gasteiger partial charge in [0.15, 0.2) is 17.7 Å². The fraction of sp³-hybridized carbons (Fsp3) is 0.412. The van der Waals surface area contributed by atoms with Crippen LogP contribution < -0.4 is 20.2 Å². The molecule has 1 saturated heterocycles. The lowest BCUT2D eigenvalue weighted by Crippen LogP contribution is -2.59.